The molecular formula is C14H18N2OS. The van der Waals surface area contributed by atoms with Gasteiger partial charge in [-0.05, 0) is 31.9 Å². The Balaban J connectivity index is 1.69. The van der Waals surface area contributed by atoms with Gasteiger partial charge in [0.25, 0.3) is 0 Å². The molecule has 1 aromatic carbocycles. The van der Waals surface area contributed by atoms with E-state index in [1.165, 1.54) is 9.71 Å². The molecule has 3 nitrogen and oxygen atoms in total. The van der Waals surface area contributed by atoms with Crippen LogP contribution >= 0.6 is 11.3 Å². The van der Waals surface area contributed by atoms with Gasteiger partial charge in [-0.3, -0.25) is 4.90 Å². The van der Waals surface area contributed by atoms with E-state index in [1.807, 2.05) is 13.0 Å². The molecule has 0 spiro atoms. The fourth-order valence-electron chi connectivity index (χ4n) is 2.37. The zero-order valence-electron chi connectivity index (χ0n) is 10.6. The van der Waals surface area contributed by atoms with Crippen LogP contribution in [0, 0.1) is 0 Å². The zero-order chi connectivity index (χ0) is 12.6. The third kappa shape index (κ3) is 2.55. The van der Waals surface area contributed by atoms with E-state index in [2.05, 4.69) is 28.1 Å². The lowest BCUT2D eigenvalue weighted by atomic mass is 9.94. The molecule has 2 heterocycles. The van der Waals surface area contributed by atoms with Crippen molar-refractivity contribution in [3.8, 4) is 0 Å². The van der Waals surface area contributed by atoms with Gasteiger partial charge in [-0.15, -0.1) is 11.3 Å². The lowest BCUT2D eigenvalue weighted by Crippen LogP contribution is -2.41. The molecule has 2 aromatic rings. The fraction of sp³-hybridized carbons (Fsp3) is 0.500. The van der Waals surface area contributed by atoms with Gasteiger partial charge in [0.2, 0.25) is 0 Å². The number of fused-ring (bicyclic) bond motifs is 1. The number of piperidine rings is 1. The summed E-state index contributed by atoms with van der Waals surface area (Å²) in [5.74, 6) is 0. The minimum atomic E-state index is -0.468. The summed E-state index contributed by atoms with van der Waals surface area (Å²) in [5, 5.41) is 11.1. The number of thiazole rings is 1. The summed E-state index contributed by atoms with van der Waals surface area (Å²) >= 11 is 1.78. The first kappa shape index (κ1) is 12.1. The van der Waals surface area contributed by atoms with Gasteiger partial charge in [0.1, 0.15) is 5.01 Å². The van der Waals surface area contributed by atoms with E-state index >= 15 is 0 Å². The van der Waals surface area contributed by atoms with E-state index in [0.29, 0.717) is 0 Å². The van der Waals surface area contributed by atoms with Crippen LogP contribution in [0.3, 0.4) is 0 Å². The highest BCUT2D eigenvalue weighted by atomic mass is 32.1. The van der Waals surface area contributed by atoms with Gasteiger partial charge in [0.15, 0.2) is 0 Å². The van der Waals surface area contributed by atoms with Gasteiger partial charge in [0.05, 0.1) is 22.4 Å². The summed E-state index contributed by atoms with van der Waals surface area (Å²) in [7, 11) is 0. The van der Waals surface area contributed by atoms with Crippen molar-refractivity contribution < 1.29 is 5.11 Å². The van der Waals surface area contributed by atoms with Gasteiger partial charge < -0.3 is 5.11 Å². The van der Waals surface area contributed by atoms with Crippen molar-refractivity contribution in [2.45, 2.75) is 31.9 Å². The Morgan fingerprint density at radius 2 is 2.06 bits per heavy atom. The Bertz CT molecular complexity index is 506. The standard InChI is InChI=1S/C14H18N2OS/c1-14(17)6-8-16(9-7-14)10-13-15-11-4-2-3-5-12(11)18-13/h2-5,17H,6-10H2,1H3. The summed E-state index contributed by atoms with van der Waals surface area (Å²) in [4.78, 5) is 7.04. The Hall–Kier alpha value is -0.970. The number of nitrogens with zero attached hydrogens (tertiary/aromatic N) is 2. The first-order chi connectivity index (χ1) is 8.62. The molecule has 1 saturated heterocycles. The molecule has 0 bridgehead atoms. The number of hydrogen-bond acceptors (Lipinski definition) is 4. The molecule has 0 unspecified atom stereocenters. The summed E-state index contributed by atoms with van der Waals surface area (Å²) in [6.07, 6.45) is 1.72. The maximum atomic E-state index is 9.93. The number of para-hydroxylation sites is 1. The average Bonchev–Trinajstić information content (AvgIpc) is 2.74. The Morgan fingerprint density at radius 1 is 1.33 bits per heavy atom. The predicted molar refractivity (Wildman–Crippen MR) is 74.8 cm³/mol. The molecule has 1 aliphatic rings. The van der Waals surface area contributed by atoms with Gasteiger partial charge in [0, 0.05) is 13.1 Å². The molecule has 0 saturated carbocycles. The van der Waals surface area contributed by atoms with Crippen LogP contribution < -0.4 is 0 Å². The van der Waals surface area contributed by atoms with Crippen LogP contribution in [-0.2, 0) is 6.54 Å². The molecule has 0 radical (unpaired) electrons. The molecule has 4 heteroatoms. The topological polar surface area (TPSA) is 36.4 Å². The highest BCUT2D eigenvalue weighted by molar-refractivity contribution is 7.18. The molecule has 0 atom stereocenters. The van der Waals surface area contributed by atoms with Crippen LogP contribution in [0.1, 0.15) is 24.8 Å². The van der Waals surface area contributed by atoms with E-state index in [-0.39, 0.29) is 0 Å². The number of rotatable bonds is 2. The van der Waals surface area contributed by atoms with Crippen LogP contribution in [0.5, 0.6) is 0 Å². The summed E-state index contributed by atoms with van der Waals surface area (Å²) < 4.78 is 1.26. The smallest absolute Gasteiger partial charge is 0.108 e. The highest BCUT2D eigenvalue weighted by Gasteiger charge is 2.27. The molecular weight excluding hydrogens is 244 g/mol. The van der Waals surface area contributed by atoms with E-state index < -0.39 is 5.60 Å². The first-order valence-corrected chi connectivity index (χ1v) is 7.23. The zero-order valence-corrected chi connectivity index (χ0v) is 11.4. The Morgan fingerprint density at radius 3 is 2.78 bits per heavy atom. The summed E-state index contributed by atoms with van der Waals surface area (Å²) in [6.45, 7) is 4.77. The number of aromatic nitrogens is 1. The van der Waals surface area contributed by atoms with E-state index in [9.17, 15) is 5.11 Å². The molecule has 18 heavy (non-hydrogen) atoms. The monoisotopic (exact) mass is 262 g/mol. The minimum absolute atomic E-state index is 0.468. The number of aliphatic hydroxyl groups is 1. The quantitative estimate of drug-likeness (QED) is 0.904. The lowest BCUT2D eigenvalue weighted by Gasteiger charge is -2.35. The van der Waals surface area contributed by atoms with Crippen molar-refractivity contribution in [1.82, 2.24) is 9.88 Å². The van der Waals surface area contributed by atoms with Crippen LogP contribution in [0.25, 0.3) is 10.2 Å². The van der Waals surface area contributed by atoms with Crippen molar-refractivity contribution in [1.29, 1.82) is 0 Å². The Labute approximate surface area is 111 Å². The van der Waals surface area contributed by atoms with Gasteiger partial charge in [-0.25, -0.2) is 4.98 Å². The fourth-order valence-corrected chi connectivity index (χ4v) is 3.38. The van der Waals surface area contributed by atoms with Crippen LogP contribution in [0.2, 0.25) is 0 Å². The van der Waals surface area contributed by atoms with Crippen molar-refractivity contribution in [3.63, 3.8) is 0 Å². The minimum Gasteiger partial charge on any atom is -0.390 e. The molecule has 1 fully saturated rings. The second-order valence-corrected chi connectivity index (χ2v) is 6.46. The number of likely N-dealkylation sites (tertiary alicyclic amines) is 1. The van der Waals surface area contributed by atoms with Crippen molar-refractivity contribution in [2.24, 2.45) is 0 Å². The number of benzene rings is 1. The van der Waals surface area contributed by atoms with Gasteiger partial charge >= 0.3 is 0 Å². The maximum absolute atomic E-state index is 9.93. The first-order valence-electron chi connectivity index (χ1n) is 6.42. The third-order valence-electron chi connectivity index (χ3n) is 3.63. The number of hydrogen-bond donors (Lipinski definition) is 1. The molecule has 1 aliphatic heterocycles. The molecule has 96 valence electrons. The molecule has 0 amide bonds. The molecule has 1 aromatic heterocycles. The normalized spacial score (nSPS) is 20.3. The van der Waals surface area contributed by atoms with Crippen molar-refractivity contribution >= 4 is 21.6 Å². The lowest BCUT2D eigenvalue weighted by molar-refractivity contribution is -0.00730. The van der Waals surface area contributed by atoms with Crippen molar-refractivity contribution in [3.05, 3.63) is 29.3 Å². The van der Waals surface area contributed by atoms with Crippen LogP contribution in [0.15, 0.2) is 24.3 Å². The summed E-state index contributed by atoms with van der Waals surface area (Å²) in [6, 6.07) is 8.28. The predicted octanol–water partition coefficient (Wildman–Crippen LogP) is 2.64. The molecule has 1 N–H and O–H groups in total. The van der Waals surface area contributed by atoms with E-state index in [0.717, 1.165) is 38.0 Å². The van der Waals surface area contributed by atoms with Gasteiger partial charge in [-0.1, -0.05) is 12.1 Å². The largest absolute Gasteiger partial charge is 0.390 e. The Kier molecular flexibility index (Phi) is 3.09. The SMILES string of the molecule is CC1(O)CCN(Cc2nc3ccccc3s2)CC1. The third-order valence-corrected chi connectivity index (χ3v) is 4.65. The summed E-state index contributed by atoms with van der Waals surface area (Å²) in [5.41, 5.74) is 0.630. The molecule has 0 aliphatic carbocycles. The second-order valence-electron chi connectivity index (χ2n) is 5.35. The van der Waals surface area contributed by atoms with Crippen molar-refractivity contribution in [2.75, 3.05) is 13.1 Å². The highest BCUT2D eigenvalue weighted by Crippen LogP contribution is 2.26. The molecule has 3 rings (SSSR count). The van der Waals surface area contributed by atoms with Gasteiger partial charge in [-0.2, -0.15) is 0 Å². The average molecular weight is 262 g/mol. The maximum Gasteiger partial charge on any atom is 0.108 e. The van der Waals surface area contributed by atoms with Crippen LogP contribution in [0.4, 0.5) is 0 Å². The van der Waals surface area contributed by atoms with E-state index in [4.69, 9.17) is 0 Å². The van der Waals surface area contributed by atoms with Crippen LogP contribution in [-0.4, -0.2) is 33.7 Å². The van der Waals surface area contributed by atoms with E-state index in [1.54, 1.807) is 11.3 Å². The second kappa shape index (κ2) is 4.61.